The van der Waals surface area contributed by atoms with Gasteiger partial charge in [0.05, 0.1) is 0 Å². The molecule has 0 aromatic carbocycles. The Morgan fingerprint density at radius 2 is 2.23 bits per heavy atom. The van der Waals surface area contributed by atoms with Gasteiger partial charge in [-0.25, -0.2) is 19.3 Å². The minimum Gasteiger partial charge on any atom is -0.477 e. The predicted molar refractivity (Wildman–Crippen MR) is 126 cm³/mol. The summed E-state index contributed by atoms with van der Waals surface area (Å²) in [5, 5.41) is 15.7. The Bertz CT molecular complexity index is 1250. The number of fused-ring (bicyclic) bond motifs is 1. The molecule has 0 spiro atoms. The van der Waals surface area contributed by atoms with Crippen LogP contribution in [0, 0.1) is 6.92 Å². The molecule has 2 aliphatic heterocycles. The first kappa shape index (κ1) is 24.1. The second kappa shape index (κ2) is 10.1. The minimum absolute atomic E-state index is 0.0550. The number of hydrogen-bond acceptors (Lipinski definition) is 9. The van der Waals surface area contributed by atoms with Gasteiger partial charge < -0.3 is 21.0 Å². The molecule has 13 heteroatoms. The van der Waals surface area contributed by atoms with Crippen LogP contribution in [0.3, 0.4) is 0 Å². The van der Waals surface area contributed by atoms with Gasteiger partial charge in [0.25, 0.3) is 11.8 Å². The topological polar surface area (TPSA) is 164 Å². The van der Waals surface area contributed by atoms with Crippen molar-refractivity contribution in [2.24, 2.45) is 5.16 Å². The third-order valence-electron chi connectivity index (χ3n) is 5.30. The minimum atomic E-state index is -1.19. The van der Waals surface area contributed by atoms with Gasteiger partial charge in [-0.1, -0.05) is 5.16 Å². The van der Waals surface area contributed by atoms with Gasteiger partial charge in [0.15, 0.2) is 24.8 Å². The van der Waals surface area contributed by atoms with Crippen molar-refractivity contribution in [1.82, 2.24) is 20.2 Å². The summed E-state index contributed by atoms with van der Waals surface area (Å²) in [5.41, 5.74) is 7.03. The van der Waals surface area contributed by atoms with Crippen LogP contribution >= 0.6 is 11.8 Å². The van der Waals surface area contributed by atoms with E-state index < -0.39 is 29.2 Å². The highest BCUT2D eigenvalue weighted by Gasteiger charge is 2.54. The zero-order chi connectivity index (χ0) is 25.1. The van der Waals surface area contributed by atoms with Crippen molar-refractivity contribution in [1.29, 1.82) is 0 Å². The number of aromatic nitrogens is 3. The summed E-state index contributed by atoms with van der Waals surface area (Å²) in [5.74, 6) is -1.98. The number of amides is 2. The number of aliphatic carboxylic acids is 1. The number of rotatable bonds is 8. The molecule has 2 aromatic rings. The van der Waals surface area contributed by atoms with Crippen LogP contribution in [0.25, 0.3) is 0 Å². The number of anilines is 1. The van der Waals surface area contributed by atoms with E-state index in [0.29, 0.717) is 17.9 Å². The smallest absolute Gasteiger partial charge is 0.352 e. The van der Waals surface area contributed by atoms with Crippen LogP contribution in [-0.4, -0.2) is 67.2 Å². The molecule has 35 heavy (non-hydrogen) atoms. The van der Waals surface area contributed by atoms with Crippen molar-refractivity contribution in [3.05, 3.63) is 59.4 Å². The Hall–Kier alpha value is -4.00. The Balaban J connectivity index is 1.54. The number of β-lactam (4-membered cyclic amide) rings is 1. The maximum atomic E-state index is 13.0. The van der Waals surface area contributed by atoms with Crippen LogP contribution in [0.2, 0.25) is 0 Å². The fourth-order valence-corrected chi connectivity index (χ4v) is 5.12. The fraction of sp³-hybridized carbons (Fsp3) is 0.318. The number of thioether (sulfide) groups is 1. The van der Waals surface area contributed by atoms with Crippen molar-refractivity contribution in [2.45, 2.75) is 31.8 Å². The van der Waals surface area contributed by atoms with Crippen LogP contribution in [0.15, 0.2) is 53.2 Å². The number of nitrogens with two attached hydrogens (primary N) is 1. The zero-order valence-corrected chi connectivity index (χ0v) is 19.9. The summed E-state index contributed by atoms with van der Waals surface area (Å²) in [6.07, 6.45) is 5.12. The number of carbonyl (C=O) groups is 3. The summed E-state index contributed by atoms with van der Waals surface area (Å²) in [6.45, 7) is 4.17. The van der Waals surface area contributed by atoms with Crippen molar-refractivity contribution >= 4 is 41.1 Å². The third-order valence-corrected chi connectivity index (χ3v) is 6.64. The van der Waals surface area contributed by atoms with Crippen molar-refractivity contribution in [3.63, 3.8) is 0 Å². The Kier molecular flexibility index (Phi) is 6.96. The first-order chi connectivity index (χ1) is 16.8. The van der Waals surface area contributed by atoms with E-state index >= 15 is 0 Å². The number of oxime groups is 1. The predicted octanol–water partition coefficient (Wildman–Crippen LogP) is -0.166. The van der Waals surface area contributed by atoms with Crippen molar-refractivity contribution in [3.8, 4) is 0 Å². The molecule has 4 rings (SSSR count). The highest BCUT2D eigenvalue weighted by molar-refractivity contribution is 8.00. The molecule has 0 radical (unpaired) electrons. The highest BCUT2D eigenvalue weighted by Crippen LogP contribution is 2.40. The molecule has 182 valence electrons. The first-order valence-electron chi connectivity index (χ1n) is 10.8. The van der Waals surface area contributed by atoms with Crippen LogP contribution in [0.4, 0.5) is 5.82 Å². The van der Waals surface area contributed by atoms with Crippen molar-refractivity contribution < 1.29 is 28.9 Å². The number of carboxylic acid groups (broad SMARTS) is 1. The normalized spacial score (nSPS) is 19.7. The maximum Gasteiger partial charge on any atom is 0.352 e. The molecule has 0 aliphatic carbocycles. The molecule has 2 atom stereocenters. The first-order valence-corrected chi connectivity index (χ1v) is 11.8. The number of aryl methyl sites for hydroxylation is 1. The standard InChI is InChI=1S/C22H23N7O5S/c1-3-34-27-15(18-24-7-6-14(23)25-18)19(30)26-16-20(31)29-17(22(32)33)13(11-35-21(16)29)10-28-8-4-5-12(2)9-28/h4-9,16,21H,3,10-11H2,1-2H3,(H3-,23,24,25,26,30,32,33)/p+1/t16?,21-/m0/s1. The summed E-state index contributed by atoms with van der Waals surface area (Å²) >= 11 is 1.38. The lowest BCUT2D eigenvalue weighted by Crippen LogP contribution is -2.71. The summed E-state index contributed by atoms with van der Waals surface area (Å²) < 4.78 is 1.88. The Labute approximate surface area is 204 Å². The van der Waals surface area contributed by atoms with Gasteiger partial charge in [0.2, 0.25) is 5.71 Å². The maximum absolute atomic E-state index is 13.0. The number of carboxylic acids is 1. The molecule has 4 N–H and O–H groups in total. The van der Waals surface area contributed by atoms with E-state index in [1.807, 2.05) is 36.0 Å². The molecule has 1 saturated heterocycles. The van der Waals surface area contributed by atoms with E-state index in [1.165, 1.54) is 28.9 Å². The zero-order valence-electron chi connectivity index (χ0n) is 19.0. The summed E-state index contributed by atoms with van der Waals surface area (Å²) in [7, 11) is 0. The van der Waals surface area contributed by atoms with Crippen LogP contribution in [0.1, 0.15) is 18.3 Å². The third kappa shape index (κ3) is 4.94. The summed E-state index contributed by atoms with van der Waals surface area (Å²) in [6, 6.07) is 4.33. The lowest BCUT2D eigenvalue weighted by atomic mass is 10.0. The number of nitrogen functional groups attached to an aromatic ring is 1. The molecule has 1 fully saturated rings. The second-order valence-corrected chi connectivity index (χ2v) is 8.94. The van der Waals surface area contributed by atoms with Crippen LogP contribution in [-0.2, 0) is 25.8 Å². The quantitative estimate of drug-likeness (QED) is 0.194. The molecule has 1 unspecified atom stereocenters. The molecule has 0 bridgehead atoms. The lowest BCUT2D eigenvalue weighted by molar-refractivity contribution is -0.689. The van der Waals surface area contributed by atoms with Crippen molar-refractivity contribution in [2.75, 3.05) is 18.1 Å². The van der Waals surface area contributed by atoms with E-state index in [4.69, 9.17) is 10.6 Å². The average molecular weight is 499 g/mol. The highest BCUT2D eigenvalue weighted by atomic mass is 32.2. The van der Waals surface area contributed by atoms with Crippen LogP contribution in [0.5, 0.6) is 0 Å². The largest absolute Gasteiger partial charge is 0.477 e. The second-order valence-electron chi connectivity index (χ2n) is 7.83. The van der Waals surface area contributed by atoms with Gasteiger partial charge in [-0.15, -0.1) is 11.8 Å². The Morgan fingerprint density at radius 1 is 1.43 bits per heavy atom. The molecule has 12 nitrogen and oxygen atoms in total. The van der Waals surface area contributed by atoms with E-state index in [1.54, 1.807) is 6.92 Å². The van der Waals surface area contributed by atoms with E-state index in [9.17, 15) is 19.5 Å². The lowest BCUT2D eigenvalue weighted by Gasteiger charge is -2.49. The molecule has 2 amide bonds. The van der Waals surface area contributed by atoms with Gasteiger partial charge in [0.1, 0.15) is 29.5 Å². The molecule has 4 heterocycles. The fourth-order valence-electron chi connectivity index (χ4n) is 3.79. The molecule has 2 aliphatic rings. The molecule has 0 saturated carbocycles. The summed E-state index contributed by atoms with van der Waals surface area (Å²) in [4.78, 5) is 52.3. The van der Waals surface area contributed by atoms with Gasteiger partial charge in [-0.2, -0.15) is 0 Å². The van der Waals surface area contributed by atoms with Gasteiger partial charge in [-0.05, 0) is 26.0 Å². The van der Waals surface area contributed by atoms with Crippen LogP contribution < -0.4 is 15.6 Å². The van der Waals surface area contributed by atoms with E-state index in [2.05, 4.69) is 20.4 Å². The number of nitrogens with one attached hydrogen (secondary N) is 1. The number of nitrogens with zero attached hydrogens (tertiary/aromatic N) is 5. The molecular formula is C22H24N7O5S+. The number of carbonyl (C=O) groups excluding carboxylic acids is 2. The van der Waals surface area contributed by atoms with Gasteiger partial charge in [-0.3, -0.25) is 14.5 Å². The molecular weight excluding hydrogens is 474 g/mol. The SMILES string of the molecule is CCON=C(C(=O)NC1C(=O)N2C(C(=O)O)=C(C[n+]3cccc(C)c3)CS[C@@H]12)c1nccc(N)n1. The molecule has 2 aromatic heterocycles. The monoisotopic (exact) mass is 498 g/mol. The van der Waals surface area contributed by atoms with Gasteiger partial charge >= 0.3 is 5.97 Å². The Morgan fingerprint density at radius 3 is 2.91 bits per heavy atom. The van der Waals surface area contributed by atoms with Gasteiger partial charge in [0, 0.05) is 29.2 Å². The number of hydrogen-bond donors (Lipinski definition) is 3. The average Bonchev–Trinajstić information content (AvgIpc) is 2.82. The number of pyridine rings is 1. The van der Waals surface area contributed by atoms with E-state index in [0.717, 1.165) is 5.56 Å². The van der Waals surface area contributed by atoms with E-state index in [-0.39, 0.29) is 29.7 Å².